The largest absolute Gasteiger partial charge is 0.338 e. The van der Waals surface area contributed by atoms with Gasteiger partial charge in [-0.25, -0.2) is 0 Å². The van der Waals surface area contributed by atoms with Gasteiger partial charge in [0, 0.05) is 16.5 Å². The van der Waals surface area contributed by atoms with Crippen molar-refractivity contribution in [1.82, 2.24) is 5.16 Å². The number of benzene rings is 1. The van der Waals surface area contributed by atoms with Crippen LogP contribution in [0.1, 0.15) is 23.0 Å². The minimum absolute atomic E-state index is 0.190. The molecular weight excluding hydrogens is 248 g/mol. The van der Waals surface area contributed by atoms with Crippen LogP contribution in [0.5, 0.6) is 0 Å². The lowest BCUT2D eigenvalue weighted by atomic mass is 10.2. The van der Waals surface area contributed by atoms with Crippen molar-refractivity contribution in [2.45, 2.75) is 18.7 Å². The first kappa shape index (κ1) is 12.7. The molecule has 0 aliphatic carbocycles. The van der Waals surface area contributed by atoms with E-state index in [1.54, 1.807) is 30.8 Å². The summed E-state index contributed by atoms with van der Waals surface area (Å²) < 4.78 is 4.95. The lowest BCUT2D eigenvalue weighted by Crippen LogP contribution is -2.11. The van der Waals surface area contributed by atoms with Crippen molar-refractivity contribution in [2.24, 2.45) is 0 Å². The van der Waals surface area contributed by atoms with E-state index >= 15 is 0 Å². The van der Waals surface area contributed by atoms with E-state index in [0.29, 0.717) is 11.4 Å². The first-order chi connectivity index (χ1) is 8.69. The third-order valence-corrected chi connectivity index (χ3v) is 3.15. The molecule has 0 aliphatic rings. The first-order valence-electron chi connectivity index (χ1n) is 5.66. The highest BCUT2D eigenvalue weighted by molar-refractivity contribution is 7.99. The van der Waals surface area contributed by atoms with Crippen LogP contribution in [-0.2, 0) is 0 Å². The number of rotatable bonds is 4. The Labute approximate surface area is 110 Å². The van der Waals surface area contributed by atoms with Crippen LogP contribution in [0.3, 0.4) is 0 Å². The van der Waals surface area contributed by atoms with E-state index in [1.165, 1.54) is 0 Å². The van der Waals surface area contributed by atoms with Crippen molar-refractivity contribution in [3.05, 3.63) is 41.6 Å². The Hall–Kier alpha value is -1.75. The summed E-state index contributed by atoms with van der Waals surface area (Å²) in [6.45, 7) is 3.88. The molecule has 1 N–H and O–H groups in total. The summed E-state index contributed by atoms with van der Waals surface area (Å²) in [5.74, 6) is 1.16. The fourth-order valence-electron chi connectivity index (χ4n) is 1.50. The summed E-state index contributed by atoms with van der Waals surface area (Å²) in [7, 11) is 0. The summed E-state index contributed by atoms with van der Waals surface area (Å²) >= 11 is 1.70. The second-order valence-electron chi connectivity index (χ2n) is 3.75. The number of aromatic nitrogens is 1. The Bertz CT molecular complexity index is 551. The second kappa shape index (κ2) is 5.73. The van der Waals surface area contributed by atoms with E-state index < -0.39 is 0 Å². The van der Waals surface area contributed by atoms with Gasteiger partial charge in [-0.15, -0.1) is 11.8 Å². The molecule has 0 saturated carbocycles. The fourth-order valence-corrected chi connectivity index (χ4v) is 2.22. The number of hydrogen-bond donors (Lipinski definition) is 1. The predicted molar refractivity (Wildman–Crippen MR) is 72.0 cm³/mol. The minimum Gasteiger partial charge on any atom is -0.338 e. The maximum Gasteiger partial charge on any atom is 0.258 e. The molecule has 0 saturated heterocycles. The third kappa shape index (κ3) is 3.13. The molecule has 0 aliphatic heterocycles. The zero-order chi connectivity index (χ0) is 13.0. The summed E-state index contributed by atoms with van der Waals surface area (Å²) in [5, 5.41) is 6.39. The van der Waals surface area contributed by atoms with Crippen LogP contribution in [0, 0.1) is 6.92 Å². The number of anilines is 1. The van der Waals surface area contributed by atoms with Crippen molar-refractivity contribution < 1.29 is 9.32 Å². The zero-order valence-corrected chi connectivity index (χ0v) is 11.1. The van der Waals surface area contributed by atoms with Gasteiger partial charge in [0.1, 0.15) is 0 Å². The molecule has 0 fully saturated rings. The second-order valence-corrected chi connectivity index (χ2v) is 5.08. The number of carbonyl (C=O) groups excluding carboxylic acids is 1. The Morgan fingerprint density at radius 2 is 2.28 bits per heavy atom. The van der Waals surface area contributed by atoms with E-state index in [1.807, 2.05) is 18.2 Å². The van der Waals surface area contributed by atoms with E-state index in [2.05, 4.69) is 17.4 Å². The summed E-state index contributed by atoms with van der Waals surface area (Å²) in [6.07, 6.45) is 0. The molecule has 0 atom stereocenters. The average molecular weight is 262 g/mol. The molecule has 0 spiro atoms. The number of carbonyl (C=O) groups is 1. The standard InChI is InChI=1S/C13H14N2O2S/c1-3-18-11-6-4-5-10(8-11)13(16)14-12-7-9(2)15-17-12/h4-8H,3H2,1-2H3,(H,14,16). The summed E-state index contributed by atoms with van der Waals surface area (Å²) in [6, 6.07) is 9.19. The van der Waals surface area contributed by atoms with Gasteiger partial charge in [0.25, 0.3) is 5.91 Å². The molecular formula is C13H14N2O2S. The highest BCUT2D eigenvalue weighted by Crippen LogP contribution is 2.19. The van der Waals surface area contributed by atoms with E-state index in [-0.39, 0.29) is 5.91 Å². The van der Waals surface area contributed by atoms with Gasteiger partial charge in [-0.2, -0.15) is 0 Å². The SMILES string of the molecule is CCSc1cccc(C(=O)Nc2cc(C)no2)c1. The number of amides is 1. The Morgan fingerprint density at radius 1 is 1.44 bits per heavy atom. The van der Waals surface area contributed by atoms with Gasteiger partial charge in [0.05, 0.1) is 5.69 Å². The lowest BCUT2D eigenvalue weighted by molar-refractivity contribution is 0.102. The molecule has 18 heavy (non-hydrogen) atoms. The minimum atomic E-state index is -0.190. The van der Waals surface area contributed by atoms with Crippen molar-refractivity contribution in [3.8, 4) is 0 Å². The topological polar surface area (TPSA) is 55.1 Å². The number of aryl methyl sites for hydroxylation is 1. The molecule has 0 bridgehead atoms. The lowest BCUT2D eigenvalue weighted by Gasteiger charge is -2.03. The Morgan fingerprint density at radius 3 is 2.94 bits per heavy atom. The van der Waals surface area contributed by atoms with Gasteiger partial charge in [-0.1, -0.05) is 18.1 Å². The average Bonchev–Trinajstić information content (AvgIpc) is 2.75. The van der Waals surface area contributed by atoms with Crippen LogP contribution >= 0.6 is 11.8 Å². The van der Waals surface area contributed by atoms with Crippen LogP contribution in [0.15, 0.2) is 39.8 Å². The maximum atomic E-state index is 12.0. The van der Waals surface area contributed by atoms with Gasteiger partial charge < -0.3 is 4.52 Å². The Balaban J connectivity index is 2.11. The van der Waals surface area contributed by atoms with Gasteiger partial charge in [0.15, 0.2) is 0 Å². The number of nitrogens with zero attached hydrogens (tertiary/aromatic N) is 1. The van der Waals surface area contributed by atoms with E-state index in [9.17, 15) is 4.79 Å². The molecule has 1 aromatic heterocycles. The third-order valence-electron chi connectivity index (χ3n) is 2.27. The summed E-state index contributed by atoms with van der Waals surface area (Å²) in [4.78, 5) is 13.1. The molecule has 2 aromatic rings. The number of hydrogen-bond acceptors (Lipinski definition) is 4. The van der Waals surface area contributed by atoms with Crippen molar-refractivity contribution in [2.75, 3.05) is 11.1 Å². The van der Waals surface area contributed by atoms with E-state index in [4.69, 9.17) is 4.52 Å². The van der Waals surface area contributed by atoms with E-state index in [0.717, 1.165) is 16.3 Å². The molecule has 0 radical (unpaired) electrons. The molecule has 1 amide bonds. The van der Waals surface area contributed by atoms with Crippen molar-refractivity contribution in [1.29, 1.82) is 0 Å². The quantitative estimate of drug-likeness (QED) is 0.858. The molecule has 0 unspecified atom stereocenters. The van der Waals surface area contributed by atoms with Crippen LogP contribution < -0.4 is 5.32 Å². The summed E-state index contributed by atoms with van der Waals surface area (Å²) in [5.41, 5.74) is 1.35. The number of nitrogens with one attached hydrogen (secondary N) is 1. The highest BCUT2D eigenvalue weighted by atomic mass is 32.2. The monoisotopic (exact) mass is 262 g/mol. The molecule has 4 nitrogen and oxygen atoms in total. The van der Waals surface area contributed by atoms with Crippen molar-refractivity contribution in [3.63, 3.8) is 0 Å². The van der Waals surface area contributed by atoms with Crippen LogP contribution in [-0.4, -0.2) is 16.8 Å². The molecule has 1 aromatic carbocycles. The molecule has 2 rings (SSSR count). The first-order valence-corrected chi connectivity index (χ1v) is 6.65. The van der Waals surface area contributed by atoms with Crippen LogP contribution in [0.2, 0.25) is 0 Å². The number of thioether (sulfide) groups is 1. The smallest absolute Gasteiger partial charge is 0.258 e. The van der Waals surface area contributed by atoms with Crippen LogP contribution in [0.25, 0.3) is 0 Å². The fraction of sp³-hybridized carbons (Fsp3) is 0.231. The van der Waals surface area contributed by atoms with Crippen LogP contribution in [0.4, 0.5) is 5.88 Å². The molecule has 1 heterocycles. The highest BCUT2D eigenvalue weighted by Gasteiger charge is 2.09. The Kier molecular flexibility index (Phi) is 4.04. The van der Waals surface area contributed by atoms with Gasteiger partial charge in [-0.05, 0) is 30.9 Å². The zero-order valence-electron chi connectivity index (χ0n) is 10.3. The predicted octanol–water partition coefficient (Wildman–Crippen LogP) is 3.35. The normalized spacial score (nSPS) is 10.3. The van der Waals surface area contributed by atoms with Crippen molar-refractivity contribution >= 4 is 23.6 Å². The molecule has 5 heteroatoms. The van der Waals surface area contributed by atoms with Gasteiger partial charge in [0.2, 0.25) is 5.88 Å². The van der Waals surface area contributed by atoms with Gasteiger partial charge in [-0.3, -0.25) is 10.1 Å². The maximum absolute atomic E-state index is 12.0. The van der Waals surface area contributed by atoms with Gasteiger partial charge >= 0.3 is 0 Å². The molecule has 94 valence electrons.